The molecule has 0 saturated heterocycles. The number of aromatic amines is 1. The van der Waals surface area contributed by atoms with Crippen molar-refractivity contribution in [3.8, 4) is 0 Å². The quantitative estimate of drug-likeness (QED) is 0.838. The molecule has 0 fully saturated rings. The molecule has 2 aromatic rings. The Hall–Kier alpha value is -1.52. The van der Waals surface area contributed by atoms with Crippen LogP contribution < -0.4 is 0 Å². The molecule has 20 heavy (non-hydrogen) atoms. The summed E-state index contributed by atoms with van der Waals surface area (Å²) < 4.78 is 0. The van der Waals surface area contributed by atoms with Crippen molar-refractivity contribution in [1.29, 1.82) is 0 Å². The van der Waals surface area contributed by atoms with Gasteiger partial charge in [-0.05, 0) is 12.1 Å². The minimum absolute atomic E-state index is 0.254. The van der Waals surface area contributed by atoms with Gasteiger partial charge in [0, 0.05) is 33.6 Å². The Kier molecular flexibility index (Phi) is 4.06. The fourth-order valence-electron chi connectivity index (χ4n) is 2.06. The van der Waals surface area contributed by atoms with Crippen molar-refractivity contribution in [1.82, 2.24) is 4.98 Å². The smallest absolute Gasteiger partial charge is 0.306 e. The van der Waals surface area contributed by atoms with Crippen LogP contribution in [0.5, 0.6) is 0 Å². The summed E-state index contributed by atoms with van der Waals surface area (Å²) in [7, 11) is 0. The van der Waals surface area contributed by atoms with E-state index in [1.807, 2.05) is 0 Å². The average Bonchev–Trinajstić information content (AvgIpc) is 2.79. The molecule has 0 spiro atoms. The molecule has 0 bridgehead atoms. The first-order chi connectivity index (χ1) is 9.32. The van der Waals surface area contributed by atoms with E-state index in [0.717, 1.165) is 0 Å². The summed E-state index contributed by atoms with van der Waals surface area (Å²) in [6, 6.07) is 3.23. The second kappa shape index (κ2) is 5.46. The second-order valence-corrected chi connectivity index (χ2v) is 5.64. The van der Waals surface area contributed by atoms with E-state index in [1.165, 1.54) is 6.92 Å². The van der Waals surface area contributed by atoms with E-state index >= 15 is 0 Å². The molecule has 6 heteroatoms. The fraction of sp³-hybridized carbons (Fsp3) is 0.286. The van der Waals surface area contributed by atoms with E-state index in [9.17, 15) is 9.59 Å². The zero-order valence-corrected chi connectivity index (χ0v) is 12.4. The maximum Gasteiger partial charge on any atom is 0.306 e. The lowest BCUT2D eigenvalue weighted by Gasteiger charge is -2.14. The maximum atomic E-state index is 12.4. The molecule has 1 aromatic heterocycles. The number of carboxylic acid groups (broad SMARTS) is 1. The summed E-state index contributed by atoms with van der Waals surface area (Å²) in [5, 5.41) is 10.4. The van der Waals surface area contributed by atoms with Gasteiger partial charge >= 0.3 is 5.97 Å². The Morgan fingerprint density at radius 1 is 1.20 bits per heavy atom. The SMILES string of the molecule is CC(C(=O)O)C(C)C(=O)c1c[nH]c2cc(Cl)cc(Cl)c12. The number of carboxylic acids is 1. The van der Waals surface area contributed by atoms with E-state index in [4.69, 9.17) is 28.3 Å². The van der Waals surface area contributed by atoms with Gasteiger partial charge in [-0.25, -0.2) is 0 Å². The number of halogens is 2. The Morgan fingerprint density at radius 3 is 2.45 bits per heavy atom. The molecule has 2 unspecified atom stereocenters. The first kappa shape index (κ1) is 14.9. The molecule has 0 radical (unpaired) electrons. The third-order valence-corrected chi connectivity index (χ3v) is 4.03. The van der Waals surface area contributed by atoms with Gasteiger partial charge in [0.05, 0.1) is 10.9 Å². The average molecular weight is 314 g/mol. The number of benzene rings is 1. The molecule has 0 amide bonds. The highest BCUT2D eigenvalue weighted by molar-refractivity contribution is 6.39. The lowest BCUT2D eigenvalue weighted by atomic mass is 9.88. The van der Waals surface area contributed by atoms with Crippen LogP contribution in [-0.2, 0) is 4.79 Å². The third-order valence-electron chi connectivity index (χ3n) is 3.51. The zero-order valence-electron chi connectivity index (χ0n) is 10.9. The molecule has 4 nitrogen and oxygen atoms in total. The first-order valence-electron chi connectivity index (χ1n) is 6.06. The number of carbonyl (C=O) groups excluding carboxylic acids is 1. The van der Waals surface area contributed by atoms with Crippen LogP contribution in [0.4, 0.5) is 0 Å². The van der Waals surface area contributed by atoms with Crippen molar-refractivity contribution in [2.45, 2.75) is 13.8 Å². The minimum Gasteiger partial charge on any atom is -0.481 e. The Bertz CT molecular complexity index is 693. The largest absolute Gasteiger partial charge is 0.481 e. The Morgan fingerprint density at radius 2 is 1.85 bits per heavy atom. The summed E-state index contributed by atoms with van der Waals surface area (Å²) >= 11 is 12.0. The lowest BCUT2D eigenvalue weighted by molar-refractivity contribution is -0.142. The van der Waals surface area contributed by atoms with Crippen LogP contribution in [0.15, 0.2) is 18.3 Å². The van der Waals surface area contributed by atoms with Crippen LogP contribution >= 0.6 is 23.2 Å². The van der Waals surface area contributed by atoms with E-state index in [2.05, 4.69) is 4.98 Å². The molecule has 0 saturated carbocycles. The number of hydrogen-bond donors (Lipinski definition) is 2. The highest BCUT2D eigenvalue weighted by atomic mass is 35.5. The van der Waals surface area contributed by atoms with Crippen molar-refractivity contribution >= 4 is 45.9 Å². The Balaban J connectivity index is 2.48. The summed E-state index contributed by atoms with van der Waals surface area (Å²) in [6.07, 6.45) is 1.54. The molecule has 0 aliphatic heterocycles. The Labute approximate surface area is 125 Å². The number of carbonyl (C=O) groups is 2. The van der Waals surface area contributed by atoms with Gasteiger partial charge in [-0.15, -0.1) is 0 Å². The van der Waals surface area contributed by atoms with Gasteiger partial charge in [-0.2, -0.15) is 0 Å². The van der Waals surface area contributed by atoms with E-state index in [1.54, 1.807) is 25.3 Å². The van der Waals surface area contributed by atoms with Gasteiger partial charge in [0.2, 0.25) is 0 Å². The second-order valence-electron chi connectivity index (χ2n) is 4.79. The minimum atomic E-state index is -1.00. The number of Topliss-reactive ketones (excluding diaryl/α,β-unsaturated/α-hetero) is 1. The summed E-state index contributed by atoms with van der Waals surface area (Å²) in [5.41, 5.74) is 1.04. The zero-order chi connectivity index (χ0) is 15.0. The summed E-state index contributed by atoms with van der Waals surface area (Å²) in [5.74, 6) is -2.66. The number of aliphatic carboxylic acids is 1. The monoisotopic (exact) mass is 313 g/mol. The van der Waals surface area contributed by atoms with Crippen LogP contribution in [0.3, 0.4) is 0 Å². The molecule has 0 aliphatic rings. The standard InChI is InChI=1S/C14H13Cl2NO3/c1-6(7(2)14(19)20)13(18)9-5-17-11-4-8(15)3-10(16)12(9)11/h3-7,17H,1-2H3,(H,19,20). The van der Waals surface area contributed by atoms with Crippen molar-refractivity contribution in [2.24, 2.45) is 11.8 Å². The van der Waals surface area contributed by atoms with Gasteiger partial charge in [0.1, 0.15) is 0 Å². The summed E-state index contributed by atoms with van der Waals surface area (Å²) in [6.45, 7) is 3.11. The van der Waals surface area contributed by atoms with E-state index in [0.29, 0.717) is 26.5 Å². The first-order valence-corrected chi connectivity index (χ1v) is 6.81. The number of ketones is 1. The number of H-pyrrole nitrogens is 1. The molecule has 1 heterocycles. The molecule has 2 N–H and O–H groups in total. The van der Waals surface area contributed by atoms with Gasteiger partial charge in [0.25, 0.3) is 0 Å². The highest BCUT2D eigenvalue weighted by Gasteiger charge is 2.28. The number of fused-ring (bicyclic) bond motifs is 1. The fourth-order valence-corrected chi connectivity index (χ4v) is 2.66. The number of hydrogen-bond acceptors (Lipinski definition) is 2. The molecular weight excluding hydrogens is 301 g/mol. The number of nitrogens with one attached hydrogen (secondary N) is 1. The third kappa shape index (κ3) is 2.53. The van der Waals surface area contributed by atoms with Crippen molar-refractivity contribution in [2.75, 3.05) is 0 Å². The van der Waals surface area contributed by atoms with Crippen molar-refractivity contribution < 1.29 is 14.7 Å². The van der Waals surface area contributed by atoms with Crippen LogP contribution in [0.1, 0.15) is 24.2 Å². The lowest BCUT2D eigenvalue weighted by Crippen LogP contribution is -2.25. The van der Waals surface area contributed by atoms with Gasteiger partial charge in [0.15, 0.2) is 5.78 Å². The van der Waals surface area contributed by atoms with Crippen LogP contribution in [0.2, 0.25) is 10.0 Å². The van der Waals surface area contributed by atoms with Crippen molar-refractivity contribution in [3.05, 3.63) is 33.9 Å². The molecule has 2 atom stereocenters. The van der Waals surface area contributed by atoms with Gasteiger partial charge in [-0.1, -0.05) is 37.0 Å². The molecular formula is C14H13Cl2NO3. The van der Waals surface area contributed by atoms with E-state index in [-0.39, 0.29) is 5.78 Å². The molecule has 2 rings (SSSR count). The predicted octanol–water partition coefficient (Wildman–Crippen LogP) is 4.01. The highest BCUT2D eigenvalue weighted by Crippen LogP contribution is 2.32. The van der Waals surface area contributed by atoms with Gasteiger partial charge in [-0.3, -0.25) is 9.59 Å². The van der Waals surface area contributed by atoms with Gasteiger partial charge < -0.3 is 10.1 Å². The van der Waals surface area contributed by atoms with E-state index < -0.39 is 17.8 Å². The number of rotatable bonds is 4. The van der Waals surface area contributed by atoms with Crippen LogP contribution in [-0.4, -0.2) is 21.8 Å². The molecule has 106 valence electrons. The van der Waals surface area contributed by atoms with Crippen LogP contribution in [0, 0.1) is 11.8 Å². The van der Waals surface area contributed by atoms with Crippen LogP contribution in [0.25, 0.3) is 10.9 Å². The predicted molar refractivity (Wildman–Crippen MR) is 78.6 cm³/mol. The topological polar surface area (TPSA) is 70.2 Å². The maximum absolute atomic E-state index is 12.4. The van der Waals surface area contributed by atoms with Crippen molar-refractivity contribution in [3.63, 3.8) is 0 Å². The molecule has 0 aliphatic carbocycles. The summed E-state index contributed by atoms with van der Waals surface area (Å²) in [4.78, 5) is 26.4. The number of aromatic nitrogens is 1. The molecule has 1 aromatic carbocycles. The normalized spacial score (nSPS) is 14.2.